The molecular weight excluding hydrogens is 302 g/mol. The van der Waals surface area contributed by atoms with Crippen molar-refractivity contribution in [3.8, 4) is 0 Å². The van der Waals surface area contributed by atoms with E-state index in [1.54, 1.807) is 6.33 Å². The van der Waals surface area contributed by atoms with Crippen molar-refractivity contribution in [2.75, 3.05) is 25.0 Å². The van der Waals surface area contributed by atoms with Crippen LogP contribution in [-0.2, 0) is 0 Å². The summed E-state index contributed by atoms with van der Waals surface area (Å²) in [7, 11) is 1.89. The van der Waals surface area contributed by atoms with Gasteiger partial charge in [0.25, 0.3) is 0 Å². The van der Waals surface area contributed by atoms with Gasteiger partial charge in [-0.05, 0) is 38.8 Å². The van der Waals surface area contributed by atoms with Crippen molar-refractivity contribution in [3.05, 3.63) is 30.6 Å². The van der Waals surface area contributed by atoms with Crippen LogP contribution in [0.2, 0.25) is 0 Å². The Labute approximate surface area is 142 Å². The highest BCUT2D eigenvalue weighted by Gasteiger charge is 2.26. The Morgan fingerprint density at radius 1 is 1.25 bits per heavy atom. The Kier molecular flexibility index (Phi) is 4.83. The fraction of sp³-hybridized carbons (Fsp3) is 0.500. The van der Waals surface area contributed by atoms with Crippen LogP contribution in [0, 0.1) is 0 Å². The summed E-state index contributed by atoms with van der Waals surface area (Å²) in [6, 6.07) is 8.53. The summed E-state index contributed by atoms with van der Waals surface area (Å²) < 4.78 is 0. The van der Waals surface area contributed by atoms with Gasteiger partial charge in [0, 0.05) is 37.6 Å². The third-order valence-electron chi connectivity index (χ3n) is 4.57. The number of piperidine rings is 1. The van der Waals surface area contributed by atoms with E-state index in [0.717, 1.165) is 42.7 Å². The number of carbonyl (C=O) groups excluding carboxylic acids is 1. The van der Waals surface area contributed by atoms with Gasteiger partial charge in [-0.1, -0.05) is 12.1 Å². The van der Waals surface area contributed by atoms with Crippen LogP contribution in [0.1, 0.15) is 26.7 Å². The van der Waals surface area contributed by atoms with Gasteiger partial charge >= 0.3 is 6.03 Å². The van der Waals surface area contributed by atoms with Gasteiger partial charge in [-0.3, -0.25) is 0 Å². The average Bonchev–Trinajstić information content (AvgIpc) is 2.60. The summed E-state index contributed by atoms with van der Waals surface area (Å²) in [5.41, 5.74) is 0.970. The molecule has 2 aromatic rings. The Morgan fingerprint density at radius 3 is 2.67 bits per heavy atom. The van der Waals surface area contributed by atoms with Crippen molar-refractivity contribution < 1.29 is 4.79 Å². The second-order valence-corrected chi connectivity index (χ2v) is 6.65. The predicted octanol–water partition coefficient (Wildman–Crippen LogP) is 2.65. The van der Waals surface area contributed by atoms with Gasteiger partial charge in [0.05, 0.1) is 5.52 Å². The molecule has 1 aromatic heterocycles. The number of hydrogen-bond donors (Lipinski definition) is 1. The normalized spacial score (nSPS) is 15.8. The Morgan fingerprint density at radius 2 is 1.96 bits per heavy atom. The van der Waals surface area contributed by atoms with Crippen molar-refractivity contribution in [1.82, 2.24) is 20.2 Å². The van der Waals surface area contributed by atoms with Crippen molar-refractivity contribution in [1.29, 1.82) is 0 Å². The molecule has 1 aliphatic rings. The lowest BCUT2D eigenvalue weighted by atomic mass is 10.0. The van der Waals surface area contributed by atoms with E-state index in [1.165, 1.54) is 0 Å². The Balaban J connectivity index is 1.67. The number of carbonyl (C=O) groups is 1. The van der Waals surface area contributed by atoms with Crippen LogP contribution < -0.4 is 10.2 Å². The van der Waals surface area contributed by atoms with Crippen LogP contribution in [0.5, 0.6) is 0 Å². The fourth-order valence-electron chi connectivity index (χ4n) is 3.22. The topological polar surface area (TPSA) is 61.4 Å². The maximum absolute atomic E-state index is 12.2. The molecule has 24 heavy (non-hydrogen) atoms. The van der Waals surface area contributed by atoms with E-state index in [4.69, 9.17) is 0 Å². The molecule has 1 N–H and O–H groups in total. The molecule has 2 amide bonds. The lowest BCUT2D eigenvalue weighted by Gasteiger charge is -2.37. The first-order chi connectivity index (χ1) is 11.6. The van der Waals surface area contributed by atoms with Crippen molar-refractivity contribution in [2.24, 2.45) is 0 Å². The molecule has 0 radical (unpaired) electrons. The van der Waals surface area contributed by atoms with Crippen molar-refractivity contribution in [3.63, 3.8) is 0 Å². The SMILES string of the molecule is CC(C)NC(=O)N(C)C1CCN(c2ncnc3ccccc23)CC1. The van der Waals surface area contributed by atoms with Gasteiger partial charge in [0.2, 0.25) is 0 Å². The quantitative estimate of drug-likeness (QED) is 0.941. The summed E-state index contributed by atoms with van der Waals surface area (Å²) in [6.45, 7) is 5.75. The van der Waals surface area contributed by atoms with Crippen LogP contribution in [0.3, 0.4) is 0 Å². The largest absolute Gasteiger partial charge is 0.356 e. The highest BCUT2D eigenvalue weighted by Crippen LogP contribution is 2.26. The number of fused-ring (bicyclic) bond motifs is 1. The molecule has 3 rings (SSSR count). The number of para-hydroxylation sites is 1. The number of benzene rings is 1. The summed E-state index contributed by atoms with van der Waals surface area (Å²) in [5.74, 6) is 0.994. The Hall–Kier alpha value is -2.37. The summed E-state index contributed by atoms with van der Waals surface area (Å²) >= 11 is 0. The minimum absolute atomic E-state index is 0.0101. The molecule has 0 unspecified atom stereocenters. The number of amides is 2. The van der Waals surface area contributed by atoms with Gasteiger partial charge < -0.3 is 15.1 Å². The zero-order valence-electron chi connectivity index (χ0n) is 14.6. The smallest absolute Gasteiger partial charge is 0.317 e. The molecule has 0 atom stereocenters. The van der Waals surface area contributed by atoms with Crippen molar-refractivity contribution >= 4 is 22.8 Å². The predicted molar refractivity (Wildman–Crippen MR) is 96.2 cm³/mol. The molecule has 2 heterocycles. The molecule has 1 aliphatic heterocycles. The summed E-state index contributed by atoms with van der Waals surface area (Å²) in [5, 5.41) is 4.05. The number of urea groups is 1. The van der Waals surface area contributed by atoms with Gasteiger partial charge in [-0.25, -0.2) is 14.8 Å². The first kappa shape index (κ1) is 16.5. The first-order valence-electron chi connectivity index (χ1n) is 8.54. The molecule has 1 fully saturated rings. The lowest BCUT2D eigenvalue weighted by Crippen LogP contribution is -2.50. The zero-order valence-corrected chi connectivity index (χ0v) is 14.6. The molecule has 6 heteroatoms. The molecule has 0 spiro atoms. The fourth-order valence-corrected chi connectivity index (χ4v) is 3.22. The molecule has 0 saturated carbocycles. The maximum atomic E-state index is 12.2. The Bertz CT molecular complexity index is 704. The second-order valence-electron chi connectivity index (χ2n) is 6.65. The number of anilines is 1. The highest BCUT2D eigenvalue weighted by molar-refractivity contribution is 5.89. The van der Waals surface area contributed by atoms with Gasteiger partial charge in [-0.15, -0.1) is 0 Å². The van der Waals surface area contributed by atoms with Crippen molar-refractivity contribution in [2.45, 2.75) is 38.8 Å². The minimum Gasteiger partial charge on any atom is -0.356 e. The van der Waals surface area contributed by atoms with E-state index >= 15 is 0 Å². The van der Waals surface area contributed by atoms with Gasteiger partial charge in [0.15, 0.2) is 0 Å². The molecule has 0 bridgehead atoms. The molecule has 1 aromatic carbocycles. The van der Waals surface area contributed by atoms with Gasteiger partial charge in [0.1, 0.15) is 12.1 Å². The summed E-state index contributed by atoms with van der Waals surface area (Å²) in [4.78, 5) is 25.1. The molecule has 128 valence electrons. The molecule has 1 saturated heterocycles. The molecule has 0 aliphatic carbocycles. The van der Waals surface area contributed by atoms with Crippen LogP contribution in [-0.4, -0.2) is 53.1 Å². The van der Waals surface area contributed by atoms with Crippen LogP contribution >= 0.6 is 0 Å². The van der Waals surface area contributed by atoms with Crippen LogP contribution in [0.25, 0.3) is 10.9 Å². The number of hydrogen-bond acceptors (Lipinski definition) is 4. The zero-order chi connectivity index (χ0) is 17.1. The number of nitrogens with one attached hydrogen (secondary N) is 1. The minimum atomic E-state index is 0.0101. The second kappa shape index (κ2) is 7.03. The van der Waals surface area contributed by atoms with E-state index in [2.05, 4.69) is 26.3 Å². The van der Waals surface area contributed by atoms with E-state index < -0.39 is 0 Å². The highest BCUT2D eigenvalue weighted by atomic mass is 16.2. The van der Waals surface area contributed by atoms with E-state index in [0.29, 0.717) is 0 Å². The van der Waals surface area contributed by atoms with E-state index in [1.807, 2.05) is 44.0 Å². The van der Waals surface area contributed by atoms with E-state index in [-0.39, 0.29) is 18.1 Å². The summed E-state index contributed by atoms with van der Waals surface area (Å²) in [6.07, 6.45) is 3.52. The number of nitrogens with zero attached hydrogens (tertiary/aromatic N) is 4. The number of rotatable bonds is 3. The molecular formula is C18H25N5O. The standard InChI is InChI=1S/C18H25N5O/c1-13(2)21-18(24)22(3)14-8-10-23(11-9-14)17-15-6-4-5-7-16(15)19-12-20-17/h4-7,12-14H,8-11H2,1-3H3,(H,21,24). The van der Waals surface area contributed by atoms with Gasteiger partial charge in [-0.2, -0.15) is 0 Å². The lowest BCUT2D eigenvalue weighted by molar-refractivity contribution is 0.177. The third-order valence-corrected chi connectivity index (χ3v) is 4.57. The van der Waals surface area contributed by atoms with Crippen LogP contribution in [0.15, 0.2) is 30.6 Å². The monoisotopic (exact) mass is 327 g/mol. The van der Waals surface area contributed by atoms with E-state index in [9.17, 15) is 4.79 Å². The van der Waals surface area contributed by atoms with Crippen LogP contribution in [0.4, 0.5) is 10.6 Å². The molecule has 6 nitrogen and oxygen atoms in total. The third kappa shape index (κ3) is 3.42. The maximum Gasteiger partial charge on any atom is 0.317 e. The average molecular weight is 327 g/mol. The number of aromatic nitrogens is 2. The first-order valence-corrected chi connectivity index (χ1v) is 8.54.